The van der Waals surface area contributed by atoms with E-state index in [0.717, 1.165) is 25.0 Å². The Bertz CT molecular complexity index is 339. The Balaban J connectivity index is 1.70. The lowest BCUT2D eigenvalue weighted by molar-refractivity contribution is 0.0998. The monoisotopic (exact) mass is 248 g/mol. The van der Waals surface area contributed by atoms with E-state index in [-0.39, 0.29) is 6.10 Å². The maximum absolute atomic E-state index is 10.1. The van der Waals surface area contributed by atoms with Gasteiger partial charge >= 0.3 is 0 Å². The fourth-order valence-corrected chi connectivity index (χ4v) is 2.89. The molecule has 0 saturated heterocycles. The summed E-state index contributed by atoms with van der Waals surface area (Å²) in [5.74, 6) is 1.48. The van der Waals surface area contributed by atoms with Gasteiger partial charge in [-0.15, -0.1) is 0 Å². The van der Waals surface area contributed by atoms with Crippen molar-refractivity contribution >= 4 is 0 Å². The van der Waals surface area contributed by atoms with Gasteiger partial charge in [-0.3, -0.25) is 0 Å². The highest BCUT2D eigenvalue weighted by atomic mass is 16.5. The Kier molecular flexibility index (Phi) is 5.06. The minimum Gasteiger partial charge on any atom is -0.497 e. The molecular formula is C16H24O2. The number of aliphatic hydroxyl groups is 1. The topological polar surface area (TPSA) is 29.5 Å². The third-order valence-corrected chi connectivity index (χ3v) is 4.07. The van der Waals surface area contributed by atoms with Gasteiger partial charge in [0, 0.05) is 0 Å². The first kappa shape index (κ1) is 13.4. The summed E-state index contributed by atoms with van der Waals surface area (Å²) < 4.78 is 5.14. The number of methoxy groups -OCH3 is 1. The molecular weight excluding hydrogens is 224 g/mol. The molecule has 0 bridgehead atoms. The molecule has 2 nitrogen and oxygen atoms in total. The molecule has 2 rings (SSSR count). The first-order valence-corrected chi connectivity index (χ1v) is 7.10. The van der Waals surface area contributed by atoms with Crippen molar-refractivity contribution < 1.29 is 9.84 Å². The van der Waals surface area contributed by atoms with E-state index in [1.165, 1.54) is 31.2 Å². The van der Waals surface area contributed by atoms with Crippen molar-refractivity contribution in [3.8, 4) is 5.75 Å². The molecule has 0 radical (unpaired) electrons. The van der Waals surface area contributed by atoms with Crippen LogP contribution in [0.15, 0.2) is 24.3 Å². The fourth-order valence-electron chi connectivity index (χ4n) is 2.89. The van der Waals surface area contributed by atoms with Gasteiger partial charge in [-0.1, -0.05) is 25.0 Å². The number of hydrogen-bond donors (Lipinski definition) is 1. The lowest BCUT2D eigenvalue weighted by Crippen LogP contribution is -2.17. The number of ether oxygens (including phenoxy) is 1. The van der Waals surface area contributed by atoms with E-state index in [2.05, 4.69) is 12.1 Å². The first-order valence-electron chi connectivity index (χ1n) is 7.10. The predicted octanol–water partition coefficient (Wildman–Crippen LogP) is 3.57. The number of hydrogen-bond acceptors (Lipinski definition) is 2. The van der Waals surface area contributed by atoms with Crippen LogP contribution in [0, 0.1) is 5.92 Å². The maximum atomic E-state index is 10.1. The quantitative estimate of drug-likeness (QED) is 0.834. The van der Waals surface area contributed by atoms with Crippen LogP contribution in [-0.4, -0.2) is 18.3 Å². The van der Waals surface area contributed by atoms with Crippen LogP contribution in [0.3, 0.4) is 0 Å². The van der Waals surface area contributed by atoms with Crippen molar-refractivity contribution in [2.45, 2.75) is 51.0 Å². The molecule has 1 fully saturated rings. The van der Waals surface area contributed by atoms with Gasteiger partial charge in [0.05, 0.1) is 13.2 Å². The molecule has 0 amide bonds. The molecule has 1 atom stereocenters. The molecule has 0 heterocycles. The zero-order valence-corrected chi connectivity index (χ0v) is 11.3. The van der Waals surface area contributed by atoms with Crippen LogP contribution in [0.5, 0.6) is 5.75 Å². The Morgan fingerprint density at radius 1 is 1.22 bits per heavy atom. The van der Waals surface area contributed by atoms with E-state index in [9.17, 15) is 5.11 Å². The van der Waals surface area contributed by atoms with Crippen molar-refractivity contribution in [2.24, 2.45) is 5.92 Å². The summed E-state index contributed by atoms with van der Waals surface area (Å²) in [6, 6.07) is 8.23. The zero-order chi connectivity index (χ0) is 12.8. The van der Waals surface area contributed by atoms with Crippen LogP contribution in [0.25, 0.3) is 0 Å². The molecule has 100 valence electrons. The van der Waals surface area contributed by atoms with Gasteiger partial charge in [0.1, 0.15) is 5.75 Å². The standard InChI is InChI=1S/C16H24O2/c1-18-15-11-9-13(10-12-15)5-4-8-16(17)14-6-2-3-7-14/h9-12,14,16-17H,2-8H2,1H3. The van der Waals surface area contributed by atoms with Crippen molar-refractivity contribution in [1.82, 2.24) is 0 Å². The molecule has 0 aromatic heterocycles. The molecule has 1 aromatic carbocycles. The molecule has 1 aromatic rings. The van der Waals surface area contributed by atoms with E-state index in [0.29, 0.717) is 5.92 Å². The largest absolute Gasteiger partial charge is 0.497 e. The van der Waals surface area contributed by atoms with Crippen molar-refractivity contribution in [2.75, 3.05) is 7.11 Å². The van der Waals surface area contributed by atoms with Crippen LogP contribution in [0.1, 0.15) is 44.1 Å². The number of aryl methyl sites for hydroxylation is 1. The van der Waals surface area contributed by atoms with E-state index in [4.69, 9.17) is 4.74 Å². The van der Waals surface area contributed by atoms with Crippen LogP contribution >= 0.6 is 0 Å². The van der Waals surface area contributed by atoms with E-state index in [1.54, 1.807) is 7.11 Å². The molecule has 1 saturated carbocycles. The first-order chi connectivity index (χ1) is 8.79. The van der Waals surface area contributed by atoms with Gasteiger partial charge in [0.2, 0.25) is 0 Å². The Labute approximate surface area is 110 Å². The Hall–Kier alpha value is -1.02. The molecule has 1 N–H and O–H groups in total. The van der Waals surface area contributed by atoms with Crippen LogP contribution < -0.4 is 4.74 Å². The van der Waals surface area contributed by atoms with Crippen molar-refractivity contribution in [3.63, 3.8) is 0 Å². The third-order valence-electron chi connectivity index (χ3n) is 4.07. The van der Waals surface area contributed by atoms with E-state index >= 15 is 0 Å². The summed E-state index contributed by atoms with van der Waals surface area (Å²) in [5, 5.41) is 10.1. The summed E-state index contributed by atoms with van der Waals surface area (Å²) in [4.78, 5) is 0. The highest BCUT2D eigenvalue weighted by Crippen LogP contribution is 2.29. The predicted molar refractivity (Wildman–Crippen MR) is 73.9 cm³/mol. The van der Waals surface area contributed by atoms with Gasteiger partial charge in [0.25, 0.3) is 0 Å². The van der Waals surface area contributed by atoms with Gasteiger partial charge < -0.3 is 9.84 Å². The number of aliphatic hydroxyl groups excluding tert-OH is 1. The van der Waals surface area contributed by atoms with E-state index in [1.807, 2.05) is 12.1 Å². The smallest absolute Gasteiger partial charge is 0.118 e. The van der Waals surface area contributed by atoms with E-state index < -0.39 is 0 Å². The summed E-state index contributed by atoms with van der Waals surface area (Å²) >= 11 is 0. The third kappa shape index (κ3) is 3.74. The Morgan fingerprint density at radius 3 is 2.50 bits per heavy atom. The highest BCUT2D eigenvalue weighted by Gasteiger charge is 2.22. The van der Waals surface area contributed by atoms with Crippen LogP contribution in [0.2, 0.25) is 0 Å². The molecule has 18 heavy (non-hydrogen) atoms. The molecule has 1 unspecified atom stereocenters. The Morgan fingerprint density at radius 2 is 1.89 bits per heavy atom. The highest BCUT2D eigenvalue weighted by molar-refractivity contribution is 5.27. The molecule has 1 aliphatic carbocycles. The lowest BCUT2D eigenvalue weighted by Gasteiger charge is -2.17. The zero-order valence-electron chi connectivity index (χ0n) is 11.3. The number of rotatable bonds is 6. The van der Waals surface area contributed by atoms with Gasteiger partial charge in [-0.05, 0) is 55.7 Å². The molecule has 0 spiro atoms. The fraction of sp³-hybridized carbons (Fsp3) is 0.625. The molecule has 1 aliphatic rings. The average molecular weight is 248 g/mol. The van der Waals surface area contributed by atoms with Gasteiger partial charge in [0.15, 0.2) is 0 Å². The summed E-state index contributed by atoms with van der Waals surface area (Å²) in [6.45, 7) is 0. The lowest BCUT2D eigenvalue weighted by atomic mass is 9.95. The van der Waals surface area contributed by atoms with Gasteiger partial charge in [-0.2, -0.15) is 0 Å². The SMILES string of the molecule is COc1ccc(CCCC(O)C2CCCC2)cc1. The second kappa shape index (κ2) is 6.79. The number of benzene rings is 1. The second-order valence-electron chi connectivity index (χ2n) is 5.35. The van der Waals surface area contributed by atoms with Crippen LogP contribution in [-0.2, 0) is 6.42 Å². The van der Waals surface area contributed by atoms with Crippen molar-refractivity contribution in [1.29, 1.82) is 0 Å². The summed E-state index contributed by atoms with van der Waals surface area (Å²) in [5.41, 5.74) is 1.33. The summed E-state index contributed by atoms with van der Waals surface area (Å²) in [6.07, 6.45) is 8.05. The maximum Gasteiger partial charge on any atom is 0.118 e. The average Bonchev–Trinajstić information content (AvgIpc) is 2.93. The second-order valence-corrected chi connectivity index (χ2v) is 5.35. The molecule has 2 heteroatoms. The normalized spacial score (nSPS) is 17.9. The minimum atomic E-state index is -0.0780. The minimum absolute atomic E-state index is 0.0780. The van der Waals surface area contributed by atoms with Crippen LogP contribution in [0.4, 0.5) is 0 Å². The molecule has 0 aliphatic heterocycles. The summed E-state index contributed by atoms with van der Waals surface area (Å²) in [7, 11) is 1.69. The van der Waals surface area contributed by atoms with Crippen molar-refractivity contribution in [3.05, 3.63) is 29.8 Å². The van der Waals surface area contributed by atoms with Gasteiger partial charge in [-0.25, -0.2) is 0 Å².